The third kappa shape index (κ3) is 6.22. The van der Waals surface area contributed by atoms with E-state index in [9.17, 15) is 14.0 Å². The number of amides is 2. The van der Waals surface area contributed by atoms with E-state index >= 15 is 0 Å². The van der Waals surface area contributed by atoms with Crippen LogP contribution in [0.4, 0.5) is 9.18 Å². The van der Waals surface area contributed by atoms with Gasteiger partial charge in [0.25, 0.3) is 5.91 Å². The van der Waals surface area contributed by atoms with Gasteiger partial charge in [0.05, 0.1) is 5.69 Å². The number of halogens is 1. The summed E-state index contributed by atoms with van der Waals surface area (Å²) < 4.78 is 24.3. The van der Waals surface area contributed by atoms with E-state index in [0.717, 1.165) is 53.5 Å². The zero-order valence-corrected chi connectivity index (χ0v) is 21.4. The summed E-state index contributed by atoms with van der Waals surface area (Å²) in [7, 11) is 0. The van der Waals surface area contributed by atoms with Crippen molar-refractivity contribution in [2.75, 3.05) is 13.1 Å². The van der Waals surface area contributed by atoms with Crippen molar-refractivity contribution in [1.29, 1.82) is 0 Å². The van der Waals surface area contributed by atoms with Gasteiger partial charge in [0, 0.05) is 36.1 Å². The van der Waals surface area contributed by atoms with Crippen LogP contribution in [0.3, 0.4) is 0 Å². The molecule has 1 aliphatic rings. The first-order chi connectivity index (χ1) is 17.1. The minimum absolute atomic E-state index is 0.233. The first-order valence-corrected chi connectivity index (χ1v) is 12.5. The third-order valence-electron chi connectivity index (χ3n) is 6.68. The van der Waals surface area contributed by atoms with Gasteiger partial charge in [-0.05, 0) is 95.2 Å². The Kier molecular flexibility index (Phi) is 7.62. The molecule has 0 aliphatic carbocycles. The van der Waals surface area contributed by atoms with Crippen molar-refractivity contribution >= 4 is 23.0 Å². The van der Waals surface area contributed by atoms with Crippen LogP contribution in [-0.4, -0.2) is 40.7 Å². The summed E-state index contributed by atoms with van der Waals surface area (Å²) in [6.45, 7) is 9.38. The lowest BCUT2D eigenvalue weighted by molar-refractivity contribution is 0.0181. The molecule has 1 fully saturated rings. The number of nitrogens with zero attached hydrogens (tertiary/aromatic N) is 2. The van der Waals surface area contributed by atoms with Crippen molar-refractivity contribution in [1.82, 2.24) is 15.4 Å². The molecule has 3 aromatic rings. The van der Waals surface area contributed by atoms with Gasteiger partial charge in [-0.15, -0.1) is 0 Å². The SMILES string of the molecule is Cc1c(CNC(=O)c2ccc(F)cc2)ccc2c(CCC3CCN(C(=O)OC(C)(C)C)CC3)noc12. The van der Waals surface area contributed by atoms with Gasteiger partial charge >= 0.3 is 6.09 Å². The lowest BCUT2D eigenvalue weighted by atomic mass is 9.91. The highest BCUT2D eigenvalue weighted by molar-refractivity contribution is 5.94. The van der Waals surface area contributed by atoms with E-state index in [4.69, 9.17) is 9.26 Å². The molecule has 8 heteroatoms. The number of benzene rings is 2. The van der Waals surface area contributed by atoms with Crippen LogP contribution in [0.15, 0.2) is 40.9 Å². The average Bonchev–Trinajstić information content (AvgIpc) is 3.25. The van der Waals surface area contributed by atoms with Crippen molar-refractivity contribution < 1.29 is 23.2 Å². The van der Waals surface area contributed by atoms with E-state index in [-0.39, 0.29) is 17.8 Å². The summed E-state index contributed by atoms with van der Waals surface area (Å²) in [6.07, 6.45) is 3.46. The number of rotatable bonds is 6. The minimum Gasteiger partial charge on any atom is -0.444 e. The molecule has 192 valence electrons. The molecule has 2 heterocycles. The maximum atomic E-state index is 13.1. The summed E-state index contributed by atoms with van der Waals surface area (Å²) in [5, 5.41) is 8.21. The number of aromatic nitrogens is 1. The quantitative estimate of drug-likeness (QED) is 0.468. The molecular formula is C28H34FN3O4. The lowest BCUT2D eigenvalue weighted by Crippen LogP contribution is -2.41. The van der Waals surface area contributed by atoms with Gasteiger partial charge in [-0.1, -0.05) is 11.2 Å². The number of fused-ring (bicyclic) bond motifs is 1. The van der Waals surface area contributed by atoms with Gasteiger partial charge in [-0.25, -0.2) is 9.18 Å². The molecule has 4 rings (SSSR count). The number of aryl methyl sites for hydroxylation is 2. The Balaban J connectivity index is 1.31. The van der Waals surface area contributed by atoms with Crippen LogP contribution in [0.25, 0.3) is 11.0 Å². The second-order valence-electron chi connectivity index (χ2n) is 10.5. The summed E-state index contributed by atoms with van der Waals surface area (Å²) in [5.41, 5.74) is 3.48. The van der Waals surface area contributed by atoms with Crippen LogP contribution < -0.4 is 5.32 Å². The number of hydrogen-bond acceptors (Lipinski definition) is 5. The highest BCUT2D eigenvalue weighted by atomic mass is 19.1. The van der Waals surface area contributed by atoms with Crippen molar-refractivity contribution in [3.05, 3.63) is 64.6 Å². The zero-order valence-electron chi connectivity index (χ0n) is 21.4. The number of ether oxygens (including phenoxy) is 1. The summed E-state index contributed by atoms with van der Waals surface area (Å²) >= 11 is 0. The Bertz CT molecular complexity index is 1220. The van der Waals surface area contributed by atoms with Crippen LogP contribution >= 0.6 is 0 Å². The van der Waals surface area contributed by atoms with Gasteiger partial charge in [0.2, 0.25) is 0 Å². The molecule has 1 aliphatic heterocycles. The molecular weight excluding hydrogens is 461 g/mol. The van der Waals surface area contributed by atoms with Crippen LogP contribution in [0.5, 0.6) is 0 Å². The fourth-order valence-electron chi connectivity index (χ4n) is 4.55. The predicted molar refractivity (Wildman–Crippen MR) is 135 cm³/mol. The molecule has 1 N–H and O–H groups in total. The van der Waals surface area contributed by atoms with Crippen LogP contribution in [-0.2, 0) is 17.7 Å². The largest absolute Gasteiger partial charge is 0.444 e. The number of carbonyl (C=O) groups is 2. The molecule has 2 amide bonds. The maximum Gasteiger partial charge on any atom is 0.410 e. The Morgan fingerprint density at radius 2 is 1.83 bits per heavy atom. The Morgan fingerprint density at radius 1 is 1.14 bits per heavy atom. The van der Waals surface area contributed by atoms with Crippen molar-refractivity contribution in [3.63, 3.8) is 0 Å². The second kappa shape index (κ2) is 10.7. The Labute approximate surface area is 211 Å². The molecule has 0 spiro atoms. The Hall–Kier alpha value is -3.42. The van der Waals surface area contributed by atoms with E-state index in [2.05, 4.69) is 10.5 Å². The summed E-state index contributed by atoms with van der Waals surface area (Å²) in [6, 6.07) is 9.45. The molecule has 0 radical (unpaired) electrons. The van der Waals surface area contributed by atoms with Crippen LogP contribution in [0.1, 0.15) is 67.2 Å². The normalized spacial score (nSPS) is 14.8. The van der Waals surface area contributed by atoms with Gasteiger partial charge in [-0.2, -0.15) is 0 Å². The van der Waals surface area contributed by atoms with Gasteiger partial charge in [-0.3, -0.25) is 4.79 Å². The lowest BCUT2D eigenvalue weighted by Gasteiger charge is -2.33. The van der Waals surface area contributed by atoms with E-state index in [1.165, 1.54) is 24.3 Å². The Morgan fingerprint density at radius 3 is 2.50 bits per heavy atom. The van der Waals surface area contributed by atoms with E-state index < -0.39 is 5.60 Å². The van der Waals surface area contributed by atoms with E-state index in [1.54, 1.807) is 4.90 Å². The van der Waals surface area contributed by atoms with Crippen molar-refractivity contribution in [2.45, 2.75) is 65.5 Å². The first kappa shape index (κ1) is 25.7. The molecule has 0 bridgehead atoms. The number of piperidine rings is 1. The van der Waals surface area contributed by atoms with E-state index in [0.29, 0.717) is 31.1 Å². The maximum absolute atomic E-state index is 13.1. The van der Waals surface area contributed by atoms with E-state index in [1.807, 2.05) is 39.8 Å². The fraction of sp³-hybridized carbons (Fsp3) is 0.464. The number of carbonyl (C=O) groups excluding carboxylic acids is 2. The smallest absolute Gasteiger partial charge is 0.410 e. The number of hydrogen-bond donors (Lipinski definition) is 1. The molecule has 1 saturated heterocycles. The highest BCUT2D eigenvalue weighted by Crippen LogP contribution is 2.28. The van der Waals surface area contributed by atoms with Gasteiger partial charge in [0.15, 0.2) is 5.58 Å². The molecule has 0 unspecified atom stereocenters. The van der Waals surface area contributed by atoms with Gasteiger partial charge in [0.1, 0.15) is 11.4 Å². The van der Waals surface area contributed by atoms with Crippen LogP contribution in [0, 0.1) is 18.7 Å². The fourth-order valence-corrected chi connectivity index (χ4v) is 4.55. The molecule has 7 nitrogen and oxygen atoms in total. The summed E-state index contributed by atoms with van der Waals surface area (Å²) in [5.74, 6) is -0.108. The van der Waals surface area contributed by atoms with Crippen molar-refractivity contribution in [3.8, 4) is 0 Å². The minimum atomic E-state index is -0.478. The third-order valence-corrected chi connectivity index (χ3v) is 6.68. The molecule has 0 saturated carbocycles. The number of nitrogens with one attached hydrogen (secondary N) is 1. The second-order valence-corrected chi connectivity index (χ2v) is 10.5. The monoisotopic (exact) mass is 495 g/mol. The first-order valence-electron chi connectivity index (χ1n) is 12.5. The zero-order chi connectivity index (χ0) is 25.9. The average molecular weight is 496 g/mol. The molecule has 36 heavy (non-hydrogen) atoms. The molecule has 2 aromatic carbocycles. The van der Waals surface area contributed by atoms with Crippen LogP contribution in [0.2, 0.25) is 0 Å². The predicted octanol–water partition coefficient (Wildman–Crippen LogP) is 5.79. The standard InChI is InChI=1S/C28H34FN3O4/c1-18-21(17-30-26(33)20-6-9-22(29)10-7-20)8-11-23-24(31-36-25(18)23)12-5-19-13-15-32(16-14-19)27(34)35-28(2,3)4/h6-11,19H,5,12-17H2,1-4H3,(H,30,33). The number of likely N-dealkylation sites (tertiary alicyclic amines) is 1. The molecule has 0 atom stereocenters. The van der Waals surface area contributed by atoms with Gasteiger partial charge < -0.3 is 19.5 Å². The summed E-state index contributed by atoms with van der Waals surface area (Å²) in [4.78, 5) is 26.4. The molecule has 1 aromatic heterocycles. The van der Waals surface area contributed by atoms with Crippen molar-refractivity contribution in [2.24, 2.45) is 5.92 Å². The topological polar surface area (TPSA) is 84.7 Å². The highest BCUT2D eigenvalue weighted by Gasteiger charge is 2.27.